The molecule has 0 amide bonds. The average molecular weight is 150 g/mol. The number of rotatable bonds is 1. The summed E-state index contributed by atoms with van der Waals surface area (Å²) < 4.78 is 0. The van der Waals surface area contributed by atoms with Gasteiger partial charge in [-0.05, 0) is 12.8 Å². The van der Waals surface area contributed by atoms with Crippen molar-refractivity contribution in [3.63, 3.8) is 0 Å². The number of nitrogens with zero attached hydrogens (tertiary/aromatic N) is 2. The first-order valence-electron chi connectivity index (χ1n) is 3.82. The molecule has 0 aliphatic heterocycles. The Morgan fingerprint density at radius 3 is 2.73 bits per heavy atom. The average Bonchev–Trinajstić information content (AvgIpc) is 2.04. The third-order valence-electron chi connectivity index (χ3n) is 2.20. The van der Waals surface area contributed by atoms with Crippen molar-refractivity contribution in [2.24, 2.45) is 0 Å². The molecule has 0 saturated heterocycles. The van der Waals surface area contributed by atoms with Crippen LogP contribution >= 0.6 is 0 Å². The van der Waals surface area contributed by atoms with Crippen LogP contribution in [0.25, 0.3) is 0 Å². The molecule has 1 saturated carbocycles. The zero-order chi connectivity index (χ0) is 7.68. The van der Waals surface area contributed by atoms with Crippen molar-refractivity contribution in [1.82, 2.24) is 9.97 Å². The highest BCUT2D eigenvalue weighted by Gasteiger charge is 2.31. The van der Waals surface area contributed by atoms with E-state index >= 15 is 0 Å². The first-order chi connectivity index (χ1) is 5.38. The molecule has 1 aliphatic rings. The molecule has 1 aliphatic carbocycles. The van der Waals surface area contributed by atoms with Gasteiger partial charge in [-0.3, -0.25) is 9.97 Å². The van der Waals surface area contributed by atoms with Gasteiger partial charge in [0.1, 0.15) is 0 Å². The standard InChI is InChI=1S/C8H10N2O/c11-8-2-1-6(8)7-5-9-3-4-10-7/h3-6,8,11H,1-2H2. The normalized spacial score (nSPS) is 29.5. The maximum absolute atomic E-state index is 9.29. The van der Waals surface area contributed by atoms with Gasteiger partial charge in [-0.15, -0.1) is 0 Å². The molecule has 3 nitrogen and oxygen atoms in total. The van der Waals surface area contributed by atoms with Crippen molar-refractivity contribution >= 4 is 0 Å². The van der Waals surface area contributed by atoms with E-state index in [9.17, 15) is 5.11 Å². The lowest BCUT2D eigenvalue weighted by Crippen LogP contribution is -2.29. The lowest BCUT2D eigenvalue weighted by Gasteiger charge is -2.31. The van der Waals surface area contributed by atoms with Crippen LogP contribution in [-0.2, 0) is 0 Å². The van der Waals surface area contributed by atoms with E-state index in [2.05, 4.69) is 9.97 Å². The molecule has 0 spiro atoms. The zero-order valence-corrected chi connectivity index (χ0v) is 6.14. The van der Waals surface area contributed by atoms with Crippen molar-refractivity contribution in [3.8, 4) is 0 Å². The van der Waals surface area contributed by atoms with E-state index in [1.54, 1.807) is 18.6 Å². The lowest BCUT2D eigenvalue weighted by atomic mass is 9.80. The monoisotopic (exact) mass is 150 g/mol. The fraction of sp³-hybridized carbons (Fsp3) is 0.500. The first kappa shape index (κ1) is 6.73. The molecule has 2 rings (SSSR count). The summed E-state index contributed by atoms with van der Waals surface area (Å²) >= 11 is 0. The summed E-state index contributed by atoms with van der Waals surface area (Å²) in [5.41, 5.74) is 0.922. The Labute approximate surface area is 65.1 Å². The molecule has 2 unspecified atom stereocenters. The van der Waals surface area contributed by atoms with Crippen molar-refractivity contribution < 1.29 is 5.11 Å². The second kappa shape index (κ2) is 2.58. The molecule has 3 heteroatoms. The Kier molecular flexibility index (Phi) is 1.58. The zero-order valence-electron chi connectivity index (χ0n) is 6.14. The molecule has 0 aromatic carbocycles. The van der Waals surface area contributed by atoms with Crippen LogP contribution in [0.15, 0.2) is 18.6 Å². The van der Waals surface area contributed by atoms with Gasteiger partial charge in [0.05, 0.1) is 11.8 Å². The van der Waals surface area contributed by atoms with Crippen LogP contribution in [0.4, 0.5) is 0 Å². The number of hydrogen-bond acceptors (Lipinski definition) is 3. The first-order valence-corrected chi connectivity index (χ1v) is 3.82. The van der Waals surface area contributed by atoms with Crippen LogP contribution in [0.2, 0.25) is 0 Å². The predicted molar refractivity (Wildman–Crippen MR) is 40.0 cm³/mol. The molecular weight excluding hydrogens is 140 g/mol. The van der Waals surface area contributed by atoms with Gasteiger partial charge in [0.2, 0.25) is 0 Å². The highest BCUT2D eigenvalue weighted by Crippen LogP contribution is 2.34. The second-order valence-electron chi connectivity index (χ2n) is 2.88. The minimum Gasteiger partial charge on any atom is -0.392 e. The van der Waals surface area contributed by atoms with Crippen LogP contribution in [0.1, 0.15) is 24.5 Å². The predicted octanol–water partition coefficient (Wildman–Crippen LogP) is 0.715. The van der Waals surface area contributed by atoms with Gasteiger partial charge >= 0.3 is 0 Å². The minimum atomic E-state index is -0.188. The topological polar surface area (TPSA) is 46.0 Å². The maximum atomic E-state index is 9.29. The third kappa shape index (κ3) is 1.12. The fourth-order valence-corrected chi connectivity index (χ4v) is 1.33. The lowest BCUT2D eigenvalue weighted by molar-refractivity contribution is 0.0640. The number of aromatic nitrogens is 2. The summed E-state index contributed by atoms with van der Waals surface area (Å²) in [5, 5.41) is 9.29. The van der Waals surface area contributed by atoms with Gasteiger partial charge in [0, 0.05) is 24.5 Å². The van der Waals surface area contributed by atoms with E-state index in [0.29, 0.717) is 0 Å². The van der Waals surface area contributed by atoms with E-state index in [1.807, 2.05) is 0 Å². The van der Waals surface area contributed by atoms with Crippen molar-refractivity contribution in [2.45, 2.75) is 24.9 Å². The highest BCUT2D eigenvalue weighted by atomic mass is 16.3. The van der Waals surface area contributed by atoms with Crippen molar-refractivity contribution in [3.05, 3.63) is 24.3 Å². The van der Waals surface area contributed by atoms with Crippen LogP contribution in [0, 0.1) is 0 Å². The molecule has 1 fully saturated rings. The van der Waals surface area contributed by atoms with Gasteiger partial charge in [0.15, 0.2) is 0 Å². The largest absolute Gasteiger partial charge is 0.392 e. The third-order valence-corrected chi connectivity index (χ3v) is 2.20. The Morgan fingerprint density at radius 2 is 2.27 bits per heavy atom. The summed E-state index contributed by atoms with van der Waals surface area (Å²) in [4.78, 5) is 8.08. The van der Waals surface area contributed by atoms with Crippen LogP contribution in [0.3, 0.4) is 0 Å². The van der Waals surface area contributed by atoms with Crippen LogP contribution < -0.4 is 0 Å². The number of aliphatic hydroxyl groups excluding tert-OH is 1. The van der Waals surface area contributed by atoms with Crippen molar-refractivity contribution in [2.75, 3.05) is 0 Å². The summed E-state index contributed by atoms with van der Waals surface area (Å²) in [6, 6.07) is 0. The van der Waals surface area contributed by atoms with Gasteiger partial charge in [-0.2, -0.15) is 0 Å². The highest BCUT2D eigenvalue weighted by molar-refractivity contribution is 5.10. The molecule has 11 heavy (non-hydrogen) atoms. The van der Waals surface area contributed by atoms with Gasteiger partial charge in [0.25, 0.3) is 0 Å². The van der Waals surface area contributed by atoms with E-state index in [0.717, 1.165) is 18.5 Å². The molecular formula is C8H10N2O. The van der Waals surface area contributed by atoms with Gasteiger partial charge in [-0.25, -0.2) is 0 Å². The molecule has 1 aromatic rings. The van der Waals surface area contributed by atoms with Gasteiger partial charge < -0.3 is 5.11 Å². The molecule has 58 valence electrons. The van der Waals surface area contributed by atoms with E-state index in [-0.39, 0.29) is 12.0 Å². The summed E-state index contributed by atoms with van der Waals surface area (Å²) in [5.74, 6) is 0.240. The SMILES string of the molecule is OC1CCC1c1cnccn1. The van der Waals surface area contributed by atoms with Crippen LogP contribution in [0.5, 0.6) is 0 Å². The molecule has 2 atom stereocenters. The molecule has 0 bridgehead atoms. The second-order valence-corrected chi connectivity index (χ2v) is 2.88. The summed E-state index contributed by atoms with van der Waals surface area (Å²) in [6.45, 7) is 0. The quantitative estimate of drug-likeness (QED) is 0.641. The van der Waals surface area contributed by atoms with Gasteiger partial charge in [-0.1, -0.05) is 0 Å². The number of hydrogen-bond donors (Lipinski definition) is 1. The van der Waals surface area contributed by atoms with E-state index < -0.39 is 0 Å². The fourth-order valence-electron chi connectivity index (χ4n) is 1.33. The summed E-state index contributed by atoms with van der Waals surface area (Å²) in [7, 11) is 0. The maximum Gasteiger partial charge on any atom is 0.0643 e. The Morgan fingerprint density at radius 1 is 1.36 bits per heavy atom. The summed E-state index contributed by atoms with van der Waals surface area (Å²) in [6.07, 6.45) is 6.80. The molecule has 1 N–H and O–H groups in total. The Balaban J connectivity index is 2.17. The van der Waals surface area contributed by atoms with E-state index in [1.165, 1.54) is 0 Å². The molecule has 1 aromatic heterocycles. The Hall–Kier alpha value is -0.960. The van der Waals surface area contributed by atoms with Crippen molar-refractivity contribution in [1.29, 1.82) is 0 Å². The Bertz CT molecular complexity index is 237. The van der Waals surface area contributed by atoms with Crippen LogP contribution in [-0.4, -0.2) is 21.2 Å². The smallest absolute Gasteiger partial charge is 0.0643 e. The molecule has 1 heterocycles. The number of aliphatic hydroxyl groups is 1. The van der Waals surface area contributed by atoms with E-state index in [4.69, 9.17) is 0 Å². The minimum absolute atomic E-state index is 0.188. The molecule has 0 radical (unpaired) electrons.